The molecule has 1 aromatic rings. The van der Waals surface area contributed by atoms with E-state index in [1.807, 2.05) is 40.3 Å². The lowest BCUT2D eigenvalue weighted by Gasteiger charge is -2.33. The van der Waals surface area contributed by atoms with Gasteiger partial charge in [0.1, 0.15) is 18.2 Å². The summed E-state index contributed by atoms with van der Waals surface area (Å²) in [6.45, 7) is 6.64. The van der Waals surface area contributed by atoms with E-state index in [1.54, 1.807) is 0 Å². The van der Waals surface area contributed by atoms with Gasteiger partial charge in [0.05, 0.1) is 12.9 Å². The first-order valence-electron chi connectivity index (χ1n) is 11.0. The Morgan fingerprint density at radius 2 is 2.06 bits per heavy atom. The Labute approximate surface area is 191 Å². The van der Waals surface area contributed by atoms with Crippen molar-refractivity contribution in [3.8, 4) is 0 Å². The highest BCUT2D eigenvalue weighted by molar-refractivity contribution is 6.66. The Hall–Kier alpha value is -2.25. The van der Waals surface area contributed by atoms with Gasteiger partial charge in [0.25, 0.3) is 0 Å². The SMILES string of the molecule is CC.CNC.Cc1cccc(CN=C2NC(Cl)=NC3C2N=CN3C2CCC(C=O)C2)c1. The molecule has 31 heavy (non-hydrogen) atoms. The van der Waals surface area contributed by atoms with Gasteiger partial charge in [-0.05, 0) is 57.4 Å². The smallest absolute Gasteiger partial charge is 0.198 e. The van der Waals surface area contributed by atoms with E-state index in [0.29, 0.717) is 11.8 Å². The molecule has 1 fully saturated rings. The number of hydrogen-bond donors (Lipinski definition) is 2. The molecule has 0 aromatic heterocycles. The van der Waals surface area contributed by atoms with Gasteiger partial charge >= 0.3 is 0 Å². The minimum absolute atomic E-state index is 0.142. The number of aryl methyl sites for hydroxylation is 1. The van der Waals surface area contributed by atoms with E-state index in [1.165, 1.54) is 5.56 Å². The van der Waals surface area contributed by atoms with Crippen LogP contribution in [-0.4, -0.2) is 61.0 Å². The van der Waals surface area contributed by atoms with Gasteiger partial charge in [-0.2, -0.15) is 0 Å². The Balaban J connectivity index is 0.000000630. The number of benzene rings is 1. The van der Waals surface area contributed by atoms with Gasteiger partial charge < -0.3 is 20.3 Å². The highest BCUT2D eigenvalue weighted by atomic mass is 35.5. The van der Waals surface area contributed by atoms with Crippen LogP contribution in [0.3, 0.4) is 0 Å². The number of fused-ring (bicyclic) bond motifs is 1. The maximum atomic E-state index is 11.1. The van der Waals surface area contributed by atoms with Crippen LogP contribution in [0.4, 0.5) is 0 Å². The number of carbonyl (C=O) groups excluding carboxylic acids is 1. The summed E-state index contributed by atoms with van der Waals surface area (Å²) in [6, 6.07) is 8.42. The summed E-state index contributed by atoms with van der Waals surface area (Å²) in [5.74, 6) is 0.892. The van der Waals surface area contributed by atoms with Crippen LogP contribution >= 0.6 is 11.6 Å². The largest absolute Gasteiger partial charge is 0.336 e. The molecule has 0 saturated heterocycles. The highest BCUT2D eigenvalue weighted by Crippen LogP contribution is 2.32. The van der Waals surface area contributed by atoms with Gasteiger partial charge in [-0.15, -0.1) is 0 Å². The van der Waals surface area contributed by atoms with Crippen LogP contribution in [0.5, 0.6) is 0 Å². The first-order chi connectivity index (χ1) is 15.0. The monoisotopic (exact) mass is 446 g/mol. The molecule has 0 radical (unpaired) electrons. The number of carbonyl (C=O) groups is 1. The normalized spacial score (nSPS) is 27.4. The van der Waals surface area contributed by atoms with E-state index < -0.39 is 0 Å². The molecule has 4 rings (SSSR count). The molecule has 4 atom stereocenters. The number of aliphatic imine (C=N–C) groups is 3. The molecular formula is C23H35ClN6O. The van der Waals surface area contributed by atoms with E-state index in [4.69, 9.17) is 16.6 Å². The van der Waals surface area contributed by atoms with Crippen LogP contribution in [0.15, 0.2) is 39.2 Å². The first-order valence-corrected chi connectivity index (χ1v) is 11.4. The predicted molar refractivity (Wildman–Crippen MR) is 130 cm³/mol. The molecule has 1 saturated carbocycles. The lowest BCUT2D eigenvalue weighted by atomic mass is 10.1. The van der Waals surface area contributed by atoms with Crippen molar-refractivity contribution in [1.29, 1.82) is 0 Å². The van der Waals surface area contributed by atoms with Crippen molar-refractivity contribution in [2.75, 3.05) is 14.1 Å². The second-order valence-corrected chi connectivity index (χ2v) is 8.03. The quantitative estimate of drug-likeness (QED) is 0.548. The molecule has 170 valence electrons. The lowest BCUT2D eigenvalue weighted by molar-refractivity contribution is -0.111. The van der Waals surface area contributed by atoms with Crippen LogP contribution in [0.25, 0.3) is 0 Å². The molecular weight excluding hydrogens is 412 g/mol. The minimum atomic E-state index is -0.171. The van der Waals surface area contributed by atoms with Crippen molar-refractivity contribution in [3.63, 3.8) is 0 Å². The molecule has 1 aliphatic carbocycles. The molecule has 0 bridgehead atoms. The summed E-state index contributed by atoms with van der Waals surface area (Å²) < 4.78 is 0. The second kappa shape index (κ2) is 12.6. The molecule has 8 heteroatoms. The first kappa shape index (κ1) is 25.0. The standard InChI is InChI=1S/C19H22ClN5O.C2H7N.C2H6/c1-12-3-2-4-13(7-12)9-21-17-16-18(24-19(20)23-17)25(11-22-16)15-6-5-14(8-15)10-26;1-3-2;1-2/h2-4,7,10-11,14-16,18H,5-6,8-9H2,1H3,(H,21,23,24);3H,1-2H3;1-2H3. The average molecular weight is 447 g/mol. The molecule has 2 N–H and O–H groups in total. The fourth-order valence-corrected chi connectivity index (χ4v) is 4.15. The number of amidine groups is 2. The predicted octanol–water partition coefficient (Wildman–Crippen LogP) is 3.36. The van der Waals surface area contributed by atoms with E-state index in [2.05, 4.69) is 50.6 Å². The molecule has 3 aliphatic rings. The summed E-state index contributed by atoms with van der Waals surface area (Å²) in [5.41, 5.74) is 2.37. The molecule has 2 aliphatic heterocycles. The third-order valence-electron chi connectivity index (χ3n) is 5.28. The number of rotatable bonds is 4. The average Bonchev–Trinajstić information content (AvgIpc) is 3.41. The summed E-state index contributed by atoms with van der Waals surface area (Å²) in [5, 5.41) is 6.16. The maximum Gasteiger partial charge on any atom is 0.198 e. The van der Waals surface area contributed by atoms with Crippen molar-refractivity contribution in [2.24, 2.45) is 20.9 Å². The topological polar surface area (TPSA) is 81.4 Å². The van der Waals surface area contributed by atoms with Crippen LogP contribution in [0.1, 0.15) is 44.2 Å². The van der Waals surface area contributed by atoms with Gasteiger partial charge in [-0.1, -0.05) is 43.7 Å². The zero-order valence-electron chi connectivity index (χ0n) is 19.2. The molecule has 0 amide bonds. The lowest BCUT2D eigenvalue weighted by Crippen LogP contribution is -2.52. The highest BCUT2D eigenvalue weighted by Gasteiger charge is 2.42. The Morgan fingerprint density at radius 3 is 2.71 bits per heavy atom. The number of nitrogens with zero attached hydrogens (tertiary/aromatic N) is 4. The van der Waals surface area contributed by atoms with Crippen molar-refractivity contribution in [2.45, 2.75) is 64.8 Å². The summed E-state index contributed by atoms with van der Waals surface area (Å²) >= 11 is 6.23. The Morgan fingerprint density at radius 1 is 1.32 bits per heavy atom. The fourth-order valence-electron chi connectivity index (χ4n) is 3.95. The fraction of sp³-hybridized carbons (Fsp3) is 0.565. The van der Waals surface area contributed by atoms with Crippen LogP contribution in [-0.2, 0) is 11.3 Å². The Bertz CT molecular complexity index is 809. The van der Waals surface area contributed by atoms with Crippen molar-refractivity contribution in [1.82, 2.24) is 15.5 Å². The summed E-state index contributed by atoms with van der Waals surface area (Å²) in [4.78, 5) is 27.1. The zero-order valence-corrected chi connectivity index (χ0v) is 19.9. The van der Waals surface area contributed by atoms with Gasteiger partial charge in [0, 0.05) is 12.0 Å². The molecule has 4 unspecified atom stereocenters. The van der Waals surface area contributed by atoms with Crippen molar-refractivity contribution >= 4 is 35.4 Å². The molecule has 0 spiro atoms. The van der Waals surface area contributed by atoms with Crippen LogP contribution in [0.2, 0.25) is 0 Å². The molecule has 1 aromatic carbocycles. The molecule has 7 nitrogen and oxygen atoms in total. The van der Waals surface area contributed by atoms with Crippen molar-refractivity contribution < 1.29 is 4.79 Å². The van der Waals surface area contributed by atoms with E-state index >= 15 is 0 Å². The van der Waals surface area contributed by atoms with Gasteiger partial charge in [0.2, 0.25) is 0 Å². The van der Waals surface area contributed by atoms with Gasteiger partial charge in [-0.3, -0.25) is 9.98 Å². The van der Waals surface area contributed by atoms with Crippen LogP contribution in [0, 0.1) is 12.8 Å². The van der Waals surface area contributed by atoms with Crippen LogP contribution < -0.4 is 10.6 Å². The number of hydrogen-bond acceptors (Lipinski definition) is 6. The van der Waals surface area contributed by atoms with Gasteiger partial charge in [0.15, 0.2) is 11.5 Å². The van der Waals surface area contributed by atoms with Crippen molar-refractivity contribution in [3.05, 3.63) is 35.4 Å². The number of nitrogens with one attached hydrogen (secondary N) is 2. The Kier molecular flexibility index (Phi) is 10.1. The van der Waals surface area contributed by atoms with E-state index in [9.17, 15) is 4.79 Å². The minimum Gasteiger partial charge on any atom is -0.336 e. The third-order valence-corrected chi connectivity index (χ3v) is 5.47. The van der Waals surface area contributed by atoms with Gasteiger partial charge in [-0.25, -0.2) is 4.99 Å². The summed E-state index contributed by atoms with van der Waals surface area (Å²) in [6.07, 6.45) is 5.52. The summed E-state index contributed by atoms with van der Waals surface area (Å²) in [7, 11) is 3.75. The van der Waals surface area contributed by atoms with E-state index in [0.717, 1.165) is 36.9 Å². The third kappa shape index (κ3) is 6.61. The zero-order chi connectivity index (χ0) is 22.8. The second-order valence-electron chi connectivity index (χ2n) is 7.67. The maximum absolute atomic E-state index is 11.1. The molecule has 2 heterocycles. The number of halogens is 1. The number of aldehydes is 1. The van der Waals surface area contributed by atoms with E-state index in [-0.39, 0.29) is 24.2 Å².